The highest BCUT2D eigenvalue weighted by Crippen LogP contribution is 2.43. The van der Waals surface area contributed by atoms with Gasteiger partial charge in [-0.1, -0.05) is 271 Å². The van der Waals surface area contributed by atoms with Crippen LogP contribution in [-0.2, 0) is 18.4 Å². The fraction of sp³-hybridized carbons (Fsp3) is 0.721. The Hall–Kier alpha value is -2.84. The van der Waals surface area contributed by atoms with Crippen LogP contribution in [-0.4, -0.2) is 73.4 Å². The number of nitrogens with one attached hydrogen (secondary N) is 1. The molecule has 0 aromatic rings. The smallest absolute Gasteiger partial charge is 0.387 e. The summed E-state index contributed by atoms with van der Waals surface area (Å²) in [6, 6.07) is -0.881. The van der Waals surface area contributed by atoms with Crippen LogP contribution in [0.15, 0.2) is 109 Å². The van der Waals surface area contributed by atoms with Crippen LogP contribution >= 0.6 is 7.82 Å². The van der Waals surface area contributed by atoms with Crippen LogP contribution in [0.5, 0.6) is 0 Å². The van der Waals surface area contributed by atoms with Crippen molar-refractivity contribution in [3.05, 3.63) is 109 Å². The van der Waals surface area contributed by atoms with Gasteiger partial charge in [0.1, 0.15) is 13.2 Å². The number of quaternary nitrogens is 1. The zero-order valence-corrected chi connectivity index (χ0v) is 51.6. The van der Waals surface area contributed by atoms with Crippen molar-refractivity contribution in [3.63, 3.8) is 0 Å². The first-order valence-electron chi connectivity index (χ1n) is 31.8. The summed E-state index contributed by atoms with van der Waals surface area (Å²) in [5.41, 5.74) is 0. The molecule has 0 bridgehead atoms. The van der Waals surface area contributed by atoms with Crippen LogP contribution in [0.3, 0.4) is 0 Å². The number of hydrogen-bond donors (Lipinski definition) is 3. The lowest BCUT2D eigenvalue weighted by Gasteiger charge is -2.25. The molecule has 0 radical (unpaired) electrons. The second-order valence-electron chi connectivity index (χ2n) is 22.4. The molecule has 0 aliphatic heterocycles. The fourth-order valence-corrected chi connectivity index (χ4v) is 9.52. The van der Waals surface area contributed by atoms with E-state index in [4.69, 9.17) is 9.05 Å². The second-order valence-corrected chi connectivity index (χ2v) is 23.8. The Morgan fingerprint density at radius 3 is 1.19 bits per heavy atom. The number of aliphatic hydroxyl groups is 1. The Kier molecular flexibility index (Phi) is 55.7. The molecule has 9 heteroatoms. The van der Waals surface area contributed by atoms with Crippen molar-refractivity contribution >= 4 is 13.7 Å². The Morgan fingerprint density at radius 1 is 0.455 bits per heavy atom. The molecule has 1 amide bonds. The Labute approximate surface area is 476 Å². The molecule has 0 aromatic heterocycles. The van der Waals surface area contributed by atoms with Gasteiger partial charge in [-0.25, -0.2) is 4.57 Å². The predicted molar refractivity (Wildman–Crippen MR) is 336 cm³/mol. The maximum atomic E-state index is 13.0. The fourth-order valence-electron chi connectivity index (χ4n) is 8.78. The Bertz CT molecular complexity index is 1620. The number of unbranched alkanes of at least 4 members (excludes halogenated alkanes) is 28. The average Bonchev–Trinajstić information content (AvgIpc) is 3.39. The first kappa shape index (κ1) is 74.2. The third-order valence-corrected chi connectivity index (χ3v) is 14.7. The van der Waals surface area contributed by atoms with E-state index in [1.807, 2.05) is 27.2 Å². The number of allylic oxidation sites excluding steroid dienone is 17. The number of rotatable bonds is 57. The molecular weight excluding hydrogens is 972 g/mol. The van der Waals surface area contributed by atoms with Gasteiger partial charge in [0.05, 0.1) is 39.9 Å². The van der Waals surface area contributed by atoms with Crippen molar-refractivity contribution in [3.8, 4) is 0 Å². The molecule has 0 aromatic carbocycles. The third kappa shape index (κ3) is 60.6. The minimum atomic E-state index is -4.37. The van der Waals surface area contributed by atoms with E-state index in [2.05, 4.69) is 116 Å². The molecule has 0 rings (SSSR count). The maximum Gasteiger partial charge on any atom is 0.472 e. The van der Waals surface area contributed by atoms with E-state index in [9.17, 15) is 19.4 Å². The summed E-state index contributed by atoms with van der Waals surface area (Å²) < 4.78 is 23.7. The first-order valence-corrected chi connectivity index (χ1v) is 33.3. The number of carbonyl (C=O) groups is 1. The van der Waals surface area contributed by atoms with Gasteiger partial charge in [-0.05, 0) is 96.3 Å². The zero-order valence-electron chi connectivity index (χ0n) is 50.7. The molecule has 3 unspecified atom stereocenters. The van der Waals surface area contributed by atoms with Crippen LogP contribution in [0, 0.1) is 0 Å². The van der Waals surface area contributed by atoms with Gasteiger partial charge in [0.2, 0.25) is 5.91 Å². The lowest BCUT2D eigenvalue weighted by atomic mass is 10.0. The molecule has 0 saturated heterocycles. The van der Waals surface area contributed by atoms with Crippen LogP contribution in [0.1, 0.15) is 264 Å². The highest BCUT2D eigenvalue weighted by molar-refractivity contribution is 7.47. The van der Waals surface area contributed by atoms with Gasteiger partial charge in [-0.2, -0.15) is 0 Å². The second kappa shape index (κ2) is 57.8. The number of amides is 1. The molecule has 0 aliphatic rings. The van der Waals surface area contributed by atoms with Crippen LogP contribution < -0.4 is 5.32 Å². The standard InChI is InChI=1S/C68H121N2O6P/c1-6-8-10-12-14-16-18-20-22-24-26-28-30-32-34-35-36-38-40-42-44-46-48-50-52-54-56-58-60-62-68(72)69-66(65-76-77(73,74)75-64-63-70(3,4)5)67(71)61-59-57-55-53-51-49-47-45-43-41-39-37-33-31-29-27-25-23-21-19-17-15-13-11-9-7-2/h8,10,14,16,20,22,26,28,32,34,36,38,43,45,51,53,59,61,66-67,71H,6-7,9,11-13,15,17-19,21,23-25,27,29-31,33,35,37,39-42,44,46-50,52,54-58,60,62-65H2,1-5H3,(H-,69,72,73,74)/p+1/b10-8-,16-14-,22-20-,28-26-,34-32-,38-36-,45-43+,53-51+,61-59+. The number of carbonyl (C=O) groups excluding carboxylic acids is 1. The highest BCUT2D eigenvalue weighted by Gasteiger charge is 2.27. The summed E-state index contributed by atoms with van der Waals surface area (Å²) >= 11 is 0. The van der Waals surface area contributed by atoms with Crippen molar-refractivity contribution in [2.75, 3.05) is 40.9 Å². The summed E-state index contributed by atoms with van der Waals surface area (Å²) in [6.45, 7) is 4.68. The average molecular weight is 1090 g/mol. The number of likely N-dealkylation sites (N-methyl/N-ethyl adjacent to an activating group) is 1. The molecule has 0 aliphatic carbocycles. The molecule has 3 atom stereocenters. The number of phosphoric acid groups is 1. The molecule has 0 spiro atoms. The monoisotopic (exact) mass is 1090 g/mol. The summed E-state index contributed by atoms with van der Waals surface area (Å²) in [4.78, 5) is 23.4. The van der Waals surface area contributed by atoms with Gasteiger partial charge in [-0.15, -0.1) is 0 Å². The van der Waals surface area contributed by atoms with Crippen LogP contribution in [0.25, 0.3) is 0 Å². The van der Waals surface area contributed by atoms with E-state index >= 15 is 0 Å². The Balaban J connectivity index is 4.25. The first-order chi connectivity index (χ1) is 37.5. The summed E-state index contributed by atoms with van der Waals surface area (Å²) in [5, 5.41) is 13.9. The number of nitrogens with zero attached hydrogens (tertiary/aromatic N) is 1. The molecular formula is C68H122N2O6P+. The minimum Gasteiger partial charge on any atom is -0.387 e. The van der Waals surface area contributed by atoms with E-state index in [1.54, 1.807) is 6.08 Å². The molecule has 8 nitrogen and oxygen atoms in total. The molecule has 3 N–H and O–H groups in total. The van der Waals surface area contributed by atoms with Crippen LogP contribution in [0.4, 0.5) is 0 Å². The van der Waals surface area contributed by atoms with Gasteiger partial charge >= 0.3 is 7.82 Å². The zero-order chi connectivity index (χ0) is 56.3. The normalized spacial score (nSPS) is 14.5. The molecule has 77 heavy (non-hydrogen) atoms. The van der Waals surface area contributed by atoms with E-state index in [0.29, 0.717) is 17.4 Å². The van der Waals surface area contributed by atoms with Gasteiger partial charge < -0.3 is 19.8 Å². The number of hydrogen-bond acceptors (Lipinski definition) is 5. The quantitative estimate of drug-likeness (QED) is 0.0243. The molecule has 0 fully saturated rings. The van der Waals surface area contributed by atoms with Gasteiger partial charge in [0, 0.05) is 6.42 Å². The van der Waals surface area contributed by atoms with Gasteiger partial charge in [0.15, 0.2) is 0 Å². The van der Waals surface area contributed by atoms with Crippen molar-refractivity contribution in [2.45, 2.75) is 276 Å². The topological polar surface area (TPSA) is 105 Å². The van der Waals surface area contributed by atoms with Gasteiger partial charge in [-0.3, -0.25) is 13.8 Å². The molecule has 444 valence electrons. The van der Waals surface area contributed by atoms with Gasteiger partial charge in [0.25, 0.3) is 0 Å². The lowest BCUT2D eigenvalue weighted by molar-refractivity contribution is -0.870. The summed E-state index contributed by atoms with van der Waals surface area (Å²) in [5.74, 6) is -0.198. The number of phosphoric ester groups is 1. The predicted octanol–water partition coefficient (Wildman–Crippen LogP) is 19.9. The van der Waals surface area contributed by atoms with Crippen LogP contribution in [0.2, 0.25) is 0 Å². The largest absolute Gasteiger partial charge is 0.472 e. The SMILES string of the molecule is CC/C=C\C/C=C\C/C=C\C/C=C\C/C=C\C/C=C\CCCCCCCCCCCCC(=O)NC(COP(=O)(O)OCC[N+](C)(C)C)C(O)/C=C/CC/C=C/CC/C=C/CCCCCCCCCCCCCCCCCC. The summed E-state index contributed by atoms with van der Waals surface area (Å²) in [7, 11) is 1.53. The highest BCUT2D eigenvalue weighted by atomic mass is 31.2. The van der Waals surface area contributed by atoms with E-state index in [0.717, 1.165) is 89.9 Å². The molecule has 0 heterocycles. The van der Waals surface area contributed by atoms with Crippen molar-refractivity contribution in [1.29, 1.82) is 0 Å². The van der Waals surface area contributed by atoms with Crippen molar-refractivity contribution in [1.82, 2.24) is 5.32 Å². The van der Waals surface area contributed by atoms with Crippen molar-refractivity contribution < 1.29 is 32.9 Å². The Morgan fingerprint density at radius 2 is 0.792 bits per heavy atom. The minimum absolute atomic E-state index is 0.0475. The third-order valence-electron chi connectivity index (χ3n) is 13.7. The maximum absolute atomic E-state index is 13.0. The molecule has 0 saturated carbocycles. The van der Waals surface area contributed by atoms with E-state index in [1.165, 1.54) is 154 Å². The van der Waals surface area contributed by atoms with Crippen molar-refractivity contribution in [2.24, 2.45) is 0 Å². The number of aliphatic hydroxyl groups excluding tert-OH is 1. The van der Waals surface area contributed by atoms with E-state index < -0.39 is 20.0 Å². The van der Waals surface area contributed by atoms with E-state index in [-0.39, 0.29) is 19.1 Å². The lowest BCUT2D eigenvalue weighted by Crippen LogP contribution is -2.45. The summed E-state index contributed by atoms with van der Waals surface area (Å²) in [6.07, 6.45) is 85.0.